The zero-order valence-corrected chi connectivity index (χ0v) is 19.6. The SMILES string of the molecule is COc1ccc(C(=O)NC(=Nc2ccccc2OC)N2CCN(C3CCCCC3)CC2)cc1. The molecule has 0 bridgehead atoms. The molecule has 1 aliphatic carbocycles. The summed E-state index contributed by atoms with van der Waals surface area (Å²) in [5.74, 6) is 1.76. The summed E-state index contributed by atoms with van der Waals surface area (Å²) >= 11 is 0. The van der Waals surface area contributed by atoms with E-state index in [-0.39, 0.29) is 5.91 Å². The van der Waals surface area contributed by atoms with Crippen molar-refractivity contribution in [2.24, 2.45) is 4.99 Å². The maximum Gasteiger partial charge on any atom is 0.257 e. The average Bonchev–Trinajstić information content (AvgIpc) is 2.89. The van der Waals surface area contributed by atoms with Gasteiger partial charge in [-0.15, -0.1) is 0 Å². The lowest BCUT2D eigenvalue weighted by Gasteiger charge is -2.41. The van der Waals surface area contributed by atoms with Crippen molar-refractivity contribution in [3.8, 4) is 11.5 Å². The molecule has 1 amide bonds. The van der Waals surface area contributed by atoms with E-state index >= 15 is 0 Å². The first-order valence-electron chi connectivity index (χ1n) is 11.8. The number of piperazine rings is 1. The lowest BCUT2D eigenvalue weighted by atomic mass is 9.94. The van der Waals surface area contributed by atoms with E-state index in [4.69, 9.17) is 14.5 Å². The minimum atomic E-state index is -0.194. The van der Waals surface area contributed by atoms with E-state index in [1.807, 2.05) is 24.3 Å². The first-order valence-corrected chi connectivity index (χ1v) is 11.8. The third-order valence-corrected chi connectivity index (χ3v) is 6.59. The highest BCUT2D eigenvalue weighted by molar-refractivity contribution is 6.06. The van der Waals surface area contributed by atoms with Gasteiger partial charge in [-0.3, -0.25) is 15.0 Å². The minimum absolute atomic E-state index is 0.194. The molecule has 0 atom stereocenters. The Morgan fingerprint density at radius 1 is 0.909 bits per heavy atom. The Hall–Kier alpha value is -3.06. The molecule has 0 spiro atoms. The number of aliphatic imine (C=N–C) groups is 1. The molecule has 2 aromatic carbocycles. The van der Waals surface area contributed by atoms with Gasteiger partial charge >= 0.3 is 0 Å². The summed E-state index contributed by atoms with van der Waals surface area (Å²) in [5.41, 5.74) is 1.25. The Balaban J connectivity index is 1.52. The fraction of sp³-hybridized carbons (Fsp3) is 0.462. The molecule has 2 aliphatic rings. The van der Waals surface area contributed by atoms with Gasteiger partial charge in [0.1, 0.15) is 17.2 Å². The van der Waals surface area contributed by atoms with Crippen molar-refractivity contribution in [3.63, 3.8) is 0 Å². The van der Waals surface area contributed by atoms with Gasteiger partial charge < -0.3 is 14.4 Å². The van der Waals surface area contributed by atoms with Crippen molar-refractivity contribution in [1.82, 2.24) is 15.1 Å². The van der Waals surface area contributed by atoms with Crippen LogP contribution in [0, 0.1) is 0 Å². The Morgan fingerprint density at radius 3 is 2.27 bits per heavy atom. The van der Waals surface area contributed by atoms with Crippen molar-refractivity contribution in [2.75, 3.05) is 40.4 Å². The number of carbonyl (C=O) groups is 1. The molecule has 7 nitrogen and oxygen atoms in total. The maximum absolute atomic E-state index is 13.1. The van der Waals surface area contributed by atoms with Crippen molar-refractivity contribution >= 4 is 17.6 Å². The standard InChI is InChI=1S/C26H34N4O3/c1-32-22-14-12-20(13-15-22)25(31)28-26(27-23-10-6-7-11-24(23)33-2)30-18-16-29(17-19-30)21-8-4-3-5-9-21/h6-7,10-15,21H,3-5,8-9,16-19H2,1-2H3,(H,27,28,31). The number of ether oxygens (including phenoxy) is 2. The Labute approximate surface area is 196 Å². The topological polar surface area (TPSA) is 66.4 Å². The maximum atomic E-state index is 13.1. The summed E-state index contributed by atoms with van der Waals surface area (Å²) in [7, 11) is 3.24. The molecule has 1 N–H and O–H groups in total. The van der Waals surface area contributed by atoms with Crippen LogP contribution < -0.4 is 14.8 Å². The van der Waals surface area contributed by atoms with Gasteiger partial charge in [0.25, 0.3) is 5.91 Å². The monoisotopic (exact) mass is 450 g/mol. The number of guanidine groups is 1. The smallest absolute Gasteiger partial charge is 0.257 e. The van der Waals surface area contributed by atoms with Gasteiger partial charge in [-0.1, -0.05) is 31.4 Å². The Kier molecular flexibility index (Phi) is 7.83. The van der Waals surface area contributed by atoms with E-state index in [9.17, 15) is 4.79 Å². The number of nitrogens with one attached hydrogen (secondary N) is 1. The summed E-state index contributed by atoms with van der Waals surface area (Å²) in [4.78, 5) is 22.7. The predicted molar refractivity (Wildman–Crippen MR) is 131 cm³/mol. The van der Waals surface area contributed by atoms with Gasteiger partial charge in [-0.05, 0) is 49.2 Å². The van der Waals surface area contributed by atoms with Crippen molar-refractivity contribution < 1.29 is 14.3 Å². The van der Waals surface area contributed by atoms with Crippen LogP contribution in [0.1, 0.15) is 42.5 Å². The van der Waals surface area contributed by atoms with Crippen LogP contribution in [-0.2, 0) is 0 Å². The van der Waals surface area contributed by atoms with Crippen molar-refractivity contribution in [3.05, 3.63) is 54.1 Å². The number of carbonyl (C=O) groups excluding carboxylic acids is 1. The van der Waals surface area contributed by atoms with Crippen molar-refractivity contribution in [1.29, 1.82) is 0 Å². The van der Waals surface area contributed by atoms with Crippen molar-refractivity contribution in [2.45, 2.75) is 38.1 Å². The molecule has 2 aromatic rings. The predicted octanol–water partition coefficient (Wildman–Crippen LogP) is 4.07. The fourth-order valence-corrected chi connectivity index (χ4v) is 4.68. The zero-order valence-electron chi connectivity index (χ0n) is 19.6. The lowest BCUT2D eigenvalue weighted by Crippen LogP contribution is -2.55. The van der Waals surface area contributed by atoms with Gasteiger partial charge in [0, 0.05) is 37.8 Å². The van der Waals surface area contributed by atoms with Gasteiger partial charge in [0.15, 0.2) is 0 Å². The highest BCUT2D eigenvalue weighted by Crippen LogP contribution is 2.27. The second-order valence-corrected chi connectivity index (χ2v) is 8.60. The van der Waals surface area contributed by atoms with Crippen LogP contribution in [0.3, 0.4) is 0 Å². The van der Waals surface area contributed by atoms with Gasteiger partial charge in [-0.2, -0.15) is 0 Å². The van der Waals surface area contributed by atoms with Crippen LogP contribution >= 0.6 is 0 Å². The van der Waals surface area contributed by atoms with Gasteiger partial charge in [-0.25, -0.2) is 4.99 Å². The molecule has 1 heterocycles. The molecular weight excluding hydrogens is 416 g/mol. The Bertz CT molecular complexity index is 946. The molecule has 2 fully saturated rings. The zero-order chi connectivity index (χ0) is 23.0. The number of hydrogen-bond donors (Lipinski definition) is 1. The second-order valence-electron chi connectivity index (χ2n) is 8.60. The summed E-state index contributed by atoms with van der Waals surface area (Å²) < 4.78 is 10.7. The third-order valence-electron chi connectivity index (χ3n) is 6.59. The highest BCUT2D eigenvalue weighted by atomic mass is 16.5. The Morgan fingerprint density at radius 2 is 1.61 bits per heavy atom. The van der Waals surface area contributed by atoms with E-state index in [1.165, 1.54) is 32.1 Å². The number of para-hydroxylation sites is 2. The van der Waals surface area contributed by atoms with E-state index < -0.39 is 0 Å². The van der Waals surface area contributed by atoms with E-state index in [2.05, 4.69) is 15.1 Å². The summed E-state index contributed by atoms with van der Waals surface area (Å²) in [6, 6.07) is 15.4. The number of hydrogen-bond acceptors (Lipinski definition) is 5. The number of methoxy groups -OCH3 is 2. The fourth-order valence-electron chi connectivity index (χ4n) is 4.68. The minimum Gasteiger partial charge on any atom is -0.497 e. The molecule has 0 aromatic heterocycles. The average molecular weight is 451 g/mol. The van der Waals surface area contributed by atoms with Crippen LogP contribution in [0.5, 0.6) is 11.5 Å². The number of nitrogens with zero attached hydrogens (tertiary/aromatic N) is 3. The molecule has 1 aliphatic heterocycles. The summed E-state index contributed by atoms with van der Waals surface area (Å²) in [5, 5.41) is 3.06. The van der Waals surface area contributed by atoms with Crippen LogP contribution in [0.4, 0.5) is 5.69 Å². The van der Waals surface area contributed by atoms with Crippen LogP contribution in [0.2, 0.25) is 0 Å². The van der Waals surface area contributed by atoms with Gasteiger partial charge in [0.05, 0.1) is 14.2 Å². The lowest BCUT2D eigenvalue weighted by molar-refractivity contribution is 0.0943. The summed E-state index contributed by atoms with van der Waals surface area (Å²) in [6.45, 7) is 3.61. The molecular formula is C26H34N4O3. The van der Waals surface area contributed by atoms with E-state index in [1.54, 1.807) is 38.5 Å². The van der Waals surface area contributed by atoms with Crippen LogP contribution in [0.15, 0.2) is 53.5 Å². The molecule has 33 heavy (non-hydrogen) atoms. The number of benzene rings is 2. The largest absolute Gasteiger partial charge is 0.497 e. The van der Waals surface area contributed by atoms with E-state index in [0.717, 1.165) is 26.2 Å². The van der Waals surface area contributed by atoms with Gasteiger partial charge in [0.2, 0.25) is 5.96 Å². The summed E-state index contributed by atoms with van der Waals surface area (Å²) in [6.07, 6.45) is 6.64. The molecule has 4 rings (SSSR count). The third kappa shape index (κ3) is 5.85. The molecule has 1 saturated carbocycles. The van der Waals surface area contributed by atoms with Crippen LogP contribution in [0.25, 0.3) is 0 Å². The number of amides is 1. The molecule has 176 valence electrons. The molecule has 7 heteroatoms. The first kappa shape index (κ1) is 23.1. The number of rotatable bonds is 5. The second kappa shape index (κ2) is 11.2. The molecule has 1 saturated heterocycles. The highest BCUT2D eigenvalue weighted by Gasteiger charge is 2.27. The quantitative estimate of drug-likeness (QED) is 0.549. The molecule has 0 radical (unpaired) electrons. The van der Waals surface area contributed by atoms with E-state index in [0.29, 0.717) is 34.8 Å². The first-order chi connectivity index (χ1) is 16.2. The van der Waals surface area contributed by atoms with Crippen LogP contribution in [-0.4, -0.2) is 68.1 Å². The normalized spacial score (nSPS) is 18.1. The molecule has 0 unspecified atom stereocenters.